The van der Waals surface area contributed by atoms with Gasteiger partial charge in [-0.1, -0.05) is 11.6 Å². The molecule has 156 valence electrons. The highest BCUT2D eigenvalue weighted by Gasteiger charge is 2.32. The molecule has 1 fully saturated rings. The number of alkyl halides is 3. The molecule has 0 radical (unpaired) electrons. The fourth-order valence-corrected chi connectivity index (χ4v) is 3.42. The first-order valence-corrected chi connectivity index (χ1v) is 9.34. The summed E-state index contributed by atoms with van der Waals surface area (Å²) in [6.45, 7) is 3.31. The van der Waals surface area contributed by atoms with Crippen molar-refractivity contribution < 1.29 is 17.9 Å². The van der Waals surface area contributed by atoms with Gasteiger partial charge in [-0.3, -0.25) is 4.57 Å². The zero-order chi connectivity index (χ0) is 21.5. The number of ether oxygens (including phenoxy) is 1. The van der Waals surface area contributed by atoms with Crippen molar-refractivity contribution in [2.45, 2.75) is 6.36 Å². The van der Waals surface area contributed by atoms with Crippen molar-refractivity contribution in [3.63, 3.8) is 0 Å². The number of likely N-dealkylation sites (N-methyl/N-ethyl adjacent to an activating group) is 1. The standard InChI is InChI=1S/C19H16ClF3N6O/c1-3-16-25-14-11-24-18(28-8-6-27(2)7-9-28)26-17(14)29(16)12-4-5-15(13(20)10-12)30-19(21,22)23/h1,4-5,10-11H,6-9H2,2H3. The lowest BCUT2D eigenvalue weighted by atomic mass is 10.3. The fourth-order valence-electron chi connectivity index (χ4n) is 3.20. The number of hydrogen-bond donors (Lipinski definition) is 0. The van der Waals surface area contributed by atoms with E-state index in [1.165, 1.54) is 12.1 Å². The Labute approximate surface area is 175 Å². The van der Waals surface area contributed by atoms with Crippen LogP contribution in [0.1, 0.15) is 5.82 Å². The largest absolute Gasteiger partial charge is 0.573 e. The summed E-state index contributed by atoms with van der Waals surface area (Å²) in [5.41, 5.74) is 1.31. The van der Waals surface area contributed by atoms with E-state index in [0.717, 1.165) is 32.2 Å². The zero-order valence-corrected chi connectivity index (χ0v) is 16.6. The highest BCUT2D eigenvalue weighted by molar-refractivity contribution is 6.32. The molecule has 30 heavy (non-hydrogen) atoms. The first-order chi connectivity index (χ1) is 14.2. The predicted molar refractivity (Wildman–Crippen MR) is 106 cm³/mol. The van der Waals surface area contributed by atoms with Gasteiger partial charge in [-0.25, -0.2) is 9.97 Å². The Bertz CT molecular complexity index is 1130. The molecular weight excluding hydrogens is 421 g/mol. The van der Waals surface area contributed by atoms with Crippen LogP contribution < -0.4 is 9.64 Å². The van der Waals surface area contributed by atoms with Gasteiger partial charge >= 0.3 is 6.36 Å². The number of terminal acetylenes is 1. The maximum atomic E-state index is 12.5. The van der Waals surface area contributed by atoms with E-state index in [1.807, 2.05) is 7.05 Å². The van der Waals surface area contributed by atoms with E-state index in [1.54, 1.807) is 10.8 Å². The average molecular weight is 437 g/mol. The highest BCUT2D eigenvalue weighted by atomic mass is 35.5. The molecule has 0 saturated carbocycles. The van der Waals surface area contributed by atoms with Gasteiger partial charge in [-0.2, -0.15) is 4.98 Å². The normalized spacial score (nSPS) is 15.4. The molecule has 7 nitrogen and oxygen atoms in total. The van der Waals surface area contributed by atoms with Crippen LogP contribution in [0, 0.1) is 12.3 Å². The van der Waals surface area contributed by atoms with Crippen molar-refractivity contribution >= 4 is 28.7 Å². The Morgan fingerprint density at radius 2 is 1.90 bits per heavy atom. The molecule has 3 heterocycles. The van der Waals surface area contributed by atoms with Gasteiger partial charge in [0, 0.05) is 26.2 Å². The van der Waals surface area contributed by atoms with E-state index in [4.69, 9.17) is 18.0 Å². The van der Waals surface area contributed by atoms with Crippen LogP contribution in [0.25, 0.3) is 16.9 Å². The monoisotopic (exact) mass is 436 g/mol. The summed E-state index contributed by atoms with van der Waals surface area (Å²) in [6, 6.07) is 3.86. The van der Waals surface area contributed by atoms with Gasteiger partial charge in [0.05, 0.1) is 16.9 Å². The molecule has 0 unspecified atom stereocenters. The Balaban J connectivity index is 1.77. The Kier molecular flexibility index (Phi) is 5.17. The first-order valence-electron chi connectivity index (χ1n) is 8.96. The van der Waals surface area contributed by atoms with E-state index in [-0.39, 0.29) is 10.8 Å². The van der Waals surface area contributed by atoms with Crippen molar-refractivity contribution in [1.82, 2.24) is 24.4 Å². The van der Waals surface area contributed by atoms with Crippen LogP contribution in [0.4, 0.5) is 19.1 Å². The number of fused-ring (bicyclic) bond motifs is 1. The number of piperazine rings is 1. The minimum Gasteiger partial charge on any atom is -0.404 e. The number of rotatable bonds is 3. The number of halogens is 4. The lowest BCUT2D eigenvalue weighted by molar-refractivity contribution is -0.274. The summed E-state index contributed by atoms with van der Waals surface area (Å²) >= 11 is 6.01. The van der Waals surface area contributed by atoms with Crippen LogP contribution in [-0.4, -0.2) is 64.0 Å². The van der Waals surface area contributed by atoms with Gasteiger partial charge in [0.1, 0.15) is 11.3 Å². The third-order valence-electron chi connectivity index (χ3n) is 4.70. The number of aromatic nitrogens is 4. The lowest BCUT2D eigenvalue weighted by Crippen LogP contribution is -2.45. The maximum Gasteiger partial charge on any atom is 0.573 e. The van der Waals surface area contributed by atoms with Crippen molar-refractivity contribution in [3.05, 3.63) is 35.2 Å². The second kappa shape index (κ2) is 7.66. The van der Waals surface area contributed by atoms with E-state index in [2.05, 4.69) is 35.4 Å². The molecule has 2 aromatic heterocycles. The van der Waals surface area contributed by atoms with E-state index in [0.29, 0.717) is 22.8 Å². The van der Waals surface area contributed by atoms with E-state index in [9.17, 15) is 13.2 Å². The minimum atomic E-state index is -4.85. The number of nitrogens with zero attached hydrogens (tertiary/aromatic N) is 6. The van der Waals surface area contributed by atoms with Gasteiger partial charge in [0.2, 0.25) is 5.95 Å². The fraction of sp³-hybridized carbons (Fsp3) is 0.316. The number of imidazole rings is 1. The van der Waals surface area contributed by atoms with Crippen LogP contribution in [0.5, 0.6) is 5.75 Å². The lowest BCUT2D eigenvalue weighted by Gasteiger charge is -2.32. The molecule has 0 atom stereocenters. The van der Waals surface area contributed by atoms with Gasteiger partial charge in [0.15, 0.2) is 11.5 Å². The van der Waals surface area contributed by atoms with Crippen LogP contribution >= 0.6 is 11.6 Å². The van der Waals surface area contributed by atoms with Crippen molar-refractivity contribution in [2.24, 2.45) is 0 Å². The van der Waals surface area contributed by atoms with Gasteiger partial charge < -0.3 is 14.5 Å². The molecule has 1 aliphatic heterocycles. The smallest absolute Gasteiger partial charge is 0.404 e. The summed E-state index contributed by atoms with van der Waals surface area (Å²) in [5.74, 6) is 2.73. The van der Waals surface area contributed by atoms with Crippen molar-refractivity contribution in [2.75, 3.05) is 38.1 Å². The molecule has 0 N–H and O–H groups in total. The predicted octanol–water partition coefficient (Wildman–Crippen LogP) is 3.10. The van der Waals surface area contributed by atoms with Crippen LogP contribution in [-0.2, 0) is 0 Å². The molecule has 11 heteroatoms. The minimum absolute atomic E-state index is 0.219. The Morgan fingerprint density at radius 1 is 1.17 bits per heavy atom. The topological polar surface area (TPSA) is 59.3 Å². The summed E-state index contributed by atoms with van der Waals surface area (Å²) in [5, 5.41) is -0.219. The summed E-state index contributed by atoms with van der Waals surface area (Å²) in [4.78, 5) is 17.6. The average Bonchev–Trinajstić information content (AvgIpc) is 3.07. The third kappa shape index (κ3) is 3.99. The number of anilines is 1. The van der Waals surface area contributed by atoms with Gasteiger partial charge in [0.25, 0.3) is 0 Å². The molecule has 3 aromatic rings. The number of hydrogen-bond acceptors (Lipinski definition) is 6. The summed E-state index contributed by atoms with van der Waals surface area (Å²) < 4.78 is 43.0. The second-order valence-corrected chi connectivity index (χ2v) is 7.15. The van der Waals surface area contributed by atoms with Gasteiger partial charge in [-0.15, -0.1) is 19.6 Å². The second-order valence-electron chi connectivity index (χ2n) is 6.75. The Hall–Kier alpha value is -3.03. The quantitative estimate of drug-likeness (QED) is 0.588. The molecule has 0 bridgehead atoms. The molecule has 0 amide bonds. The molecular formula is C19H16ClF3N6O. The van der Waals surface area contributed by atoms with Gasteiger partial charge in [-0.05, 0) is 31.2 Å². The highest BCUT2D eigenvalue weighted by Crippen LogP contribution is 2.33. The zero-order valence-electron chi connectivity index (χ0n) is 15.8. The SMILES string of the molecule is C#Cc1nc2cnc(N3CCN(C)CC3)nc2n1-c1ccc(OC(F)(F)F)c(Cl)c1. The molecule has 1 aliphatic rings. The molecule has 1 aromatic carbocycles. The van der Waals surface area contributed by atoms with Crippen LogP contribution in [0.15, 0.2) is 24.4 Å². The Morgan fingerprint density at radius 3 is 2.53 bits per heavy atom. The third-order valence-corrected chi connectivity index (χ3v) is 5.00. The molecule has 1 saturated heterocycles. The first kappa shape index (κ1) is 20.3. The van der Waals surface area contributed by atoms with Crippen LogP contribution in [0.3, 0.4) is 0 Å². The van der Waals surface area contributed by atoms with Crippen molar-refractivity contribution in [3.8, 4) is 23.8 Å². The molecule has 0 aliphatic carbocycles. The van der Waals surface area contributed by atoms with E-state index < -0.39 is 12.1 Å². The number of benzene rings is 1. The molecule has 0 spiro atoms. The molecule has 4 rings (SSSR count). The summed E-state index contributed by atoms with van der Waals surface area (Å²) in [6.07, 6.45) is 2.33. The summed E-state index contributed by atoms with van der Waals surface area (Å²) in [7, 11) is 2.05. The van der Waals surface area contributed by atoms with Crippen LogP contribution in [0.2, 0.25) is 5.02 Å². The maximum absolute atomic E-state index is 12.5. The van der Waals surface area contributed by atoms with Crippen molar-refractivity contribution in [1.29, 1.82) is 0 Å². The van der Waals surface area contributed by atoms with E-state index >= 15 is 0 Å².